The van der Waals surface area contributed by atoms with E-state index >= 15 is 0 Å². The van der Waals surface area contributed by atoms with E-state index in [1.54, 1.807) is 19.4 Å². The van der Waals surface area contributed by atoms with Gasteiger partial charge in [-0.15, -0.1) is 0 Å². The van der Waals surface area contributed by atoms with Crippen molar-refractivity contribution in [3.63, 3.8) is 0 Å². The number of hydrogen-bond acceptors (Lipinski definition) is 6. The largest absolute Gasteiger partial charge is 0.497 e. The monoisotopic (exact) mass is 369 g/mol. The minimum Gasteiger partial charge on any atom is -0.497 e. The van der Waals surface area contributed by atoms with Gasteiger partial charge in [0.15, 0.2) is 5.79 Å². The summed E-state index contributed by atoms with van der Waals surface area (Å²) >= 11 is 0. The summed E-state index contributed by atoms with van der Waals surface area (Å²) in [6.07, 6.45) is 3.03. The molecule has 1 N–H and O–H groups in total. The molecule has 7 heteroatoms. The Bertz CT molecular complexity index is 810. The molecule has 27 heavy (non-hydrogen) atoms. The number of anilines is 2. The summed E-state index contributed by atoms with van der Waals surface area (Å²) in [6.45, 7) is 2.48. The molecule has 2 fully saturated rings. The van der Waals surface area contributed by atoms with Crippen LogP contribution >= 0.6 is 0 Å². The Labute approximate surface area is 158 Å². The molecular formula is C20H23N3O4. The third-order valence-electron chi connectivity index (χ3n) is 4.96. The van der Waals surface area contributed by atoms with Gasteiger partial charge in [0.2, 0.25) is 0 Å². The van der Waals surface area contributed by atoms with Crippen LogP contribution in [0.5, 0.6) is 5.75 Å². The third-order valence-corrected chi connectivity index (χ3v) is 4.96. The van der Waals surface area contributed by atoms with E-state index in [4.69, 9.17) is 14.2 Å². The Morgan fingerprint density at radius 2 is 1.89 bits per heavy atom. The van der Waals surface area contributed by atoms with Gasteiger partial charge in [0, 0.05) is 49.6 Å². The quantitative estimate of drug-likeness (QED) is 0.893. The molecule has 2 aliphatic heterocycles. The molecule has 1 aromatic heterocycles. The summed E-state index contributed by atoms with van der Waals surface area (Å²) in [5, 5.41) is 3.29. The Morgan fingerprint density at radius 3 is 2.63 bits per heavy atom. The fourth-order valence-electron chi connectivity index (χ4n) is 3.49. The van der Waals surface area contributed by atoms with E-state index in [2.05, 4.69) is 10.3 Å². The van der Waals surface area contributed by atoms with E-state index < -0.39 is 5.79 Å². The fourth-order valence-corrected chi connectivity index (χ4v) is 3.49. The molecule has 0 radical (unpaired) electrons. The van der Waals surface area contributed by atoms with Crippen LogP contribution in [0.15, 0.2) is 42.6 Å². The first-order chi connectivity index (χ1) is 13.2. The number of rotatable bonds is 4. The predicted molar refractivity (Wildman–Crippen MR) is 100 cm³/mol. The lowest BCUT2D eigenvalue weighted by Crippen LogP contribution is -2.47. The number of benzene rings is 1. The molecule has 2 aliphatic rings. The van der Waals surface area contributed by atoms with E-state index in [9.17, 15) is 4.79 Å². The van der Waals surface area contributed by atoms with Crippen molar-refractivity contribution in [1.29, 1.82) is 0 Å². The first-order valence-corrected chi connectivity index (χ1v) is 9.12. The predicted octanol–water partition coefficient (Wildman–Crippen LogP) is 2.81. The van der Waals surface area contributed by atoms with Crippen LogP contribution in [0, 0.1) is 0 Å². The van der Waals surface area contributed by atoms with Gasteiger partial charge in [0.1, 0.15) is 11.4 Å². The van der Waals surface area contributed by atoms with Crippen molar-refractivity contribution >= 4 is 17.3 Å². The van der Waals surface area contributed by atoms with Crippen molar-refractivity contribution in [2.75, 3.05) is 38.7 Å². The van der Waals surface area contributed by atoms with Gasteiger partial charge in [0.25, 0.3) is 5.91 Å². The number of nitrogens with zero attached hydrogens (tertiary/aromatic N) is 2. The van der Waals surface area contributed by atoms with E-state index in [1.165, 1.54) is 0 Å². The molecule has 7 nitrogen and oxygen atoms in total. The zero-order chi connectivity index (χ0) is 18.7. The van der Waals surface area contributed by atoms with Crippen molar-refractivity contribution in [2.45, 2.75) is 18.6 Å². The number of likely N-dealkylation sites (tertiary alicyclic amines) is 1. The smallest absolute Gasteiger partial charge is 0.272 e. The minimum atomic E-state index is -0.486. The van der Waals surface area contributed by atoms with Gasteiger partial charge < -0.3 is 24.4 Å². The zero-order valence-corrected chi connectivity index (χ0v) is 15.3. The molecule has 2 aromatic rings. The van der Waals surface area contributed by atoms with Crippen LogP contribution in [0.25, 0.3) is 0 Å². The van der Waals surface area contributed by atoms with Crippen molar-refractivity contribution in [2.24, 2.45) is 0 Å². The van der Waals surface area contributed by atoms with Gasteiger partial charge in [-0.3, -0.25) is 9.78 Å². The number of carbonyl (C=O) groups is 1. The van der Waals surface area contributed by atoms with Crippen molar-refractivity contribution < 1.29 is 19.0 Å². The van der Waals surface area contributed by atoms with Gasteiger partial charge in [0.05, 0.1) is 20.3 Å². The number of carbonyl (C=O) groups excluding carboxylic acids is 1. The van der Waals surface area contributed by atoms with Crippen LogP contribution in [0.3, 0.4) is 0 Å². The second kappa shape index (κ2) is 7.54. The maximum Gasteiger partial charge on any atom is 0.272 e. The highest BCUT2D eigenvalue weighted by Crippen LogP contribution is 2.31. The van der Waals surface area contributed by atoms with Crippen LogP contribution in [-0.2, 0) is 9.47 Å². The number of pyridine rings is 1. The van der Waals surface area contributed by atoms with Crippen LogP contribution in [-0.4, -0.2) is 55.0 Å². The normalized spacial score (nSPS) is 18.5. The van der Waals surface area contributed by atoms with E-state index in [1.807, 2.05) is 35.2 Å². The Balaban J connectivity index is 1.43. The SMILES string of the molecule is COc1cccc(Nc2ccnc(C(=O)N3CCC4(CC3)OCCO4)c2)c1. The van der Waals surface area contributed by atoms with Gasteiger partial charge in [-0.1, -0.05) is 6.07 Å². The second-order valence-electron chi connectivity index (χ2n) is 6.69. The van der Waals surface area contributed by atoms with Crippen LogP contribution < -0.4 is 10.1 Å². The maximum absolute atomic E-state index is 12.8. The molecule has 142 valence electrons. The van der Waals surface area contributed by atoms with Crippen LogP contribution in [0.2, 0.25) is 0 Å². The maximum atomic E-state index is 12.8. The first kappa shape index (κ1) is 17.8. The standard InChI is InChI=1S/C20H23N3O4/c1-25-17-4-2-3-15(13-17)22-16-5-8-21-18(14-16)19(24)23-9-6-20(7-10-23)26-11-12-27-20/h2-5,8,13-14H,6-7,9-12H2,1H3,(H,21,22). The summed E-state index contributed by atoms with van der Waals surface area (Å²) in [7, 11) is 1.63. The summed E-state index contributed by atoms with van der Waals surface area (Å²) in [6, 6.07) is 11.2. The van der Waals surface area contributed by atoms with E-state index in [-0.39, 0.29) is 5.91 Å². The van der Waals surface area contributed by atoms with E-state index in [0.29, 0.717) is 44.8 Å². The van der Waals surface area contributed by atoms with Crippen LogP contribution in [0.4, 0.5) is 11.4 Å². The molecule has 2 saturated heterocycles. The molecule has 0 bridgehead atoms. The third kappa shape index (κ3) is 3.89. The van der Waals surface area contributed by atoms with Crippen molar-refractivity contribution in [1.82, 2.24) is 9.88 Å². The topological polar surface area (TPSA) is 72.9 Å². The average Bonchev–Trinajstić information content (AvgIpc) is 3.16. The second-order valence-corrected chi connectivity index (χ2v) is 6.69. The molecule has 1 amide bonds. The Kier molecular flexibility index (Phi) is 4.96. The van der Waals surface area contributed by atoms with Gasteiger partial charge in [-0.05, 0) is 24.3 Å². The lowest BCUT2D eigenvalue weighted by atomic mass is 10.0. The lowest BCUT2D eigenvalue weighted by Gasteiger charge is -2.37. The van der Waals surface area contributed by atoms with E-state index in [0.717, 1.165) is 17.1 Å². The molecule has 0 unspecified atom stereocenters. The molecular weight excluding hydrogens is 346 g/mol. The minimum absolute atomic E-state index is 0.0721. The Hall–Kier alpha value is -2.64. The average molecular weight is 369 g/mol. The number of aromatic nitrogens is 1. The fraction of sp³-hybridized carbons (Fsp3) is 0.400. The number of piperidine rings is 1. The molecule has 0 saturated carbocycles. The van der Waals surface area contributed by atoms with Crippen molar-refractivity contribution in [3.05, 3.63) is 48.3 Å². The molecule has 1 aromatic carbocycles. The summed E-state index contributed by atoms with van der Waals surface area (Å²) in [4.78, 5) is 18.9. The van der Waals surface area contributed by atoms with Crippen LogP contribution in [0.1, 0.15) is 23.3 Å². The van der Waals surface area contributed by atoms with Gasteiger partial charge in [-0.25, -0.2) is 0 Å². The molecule has 0 atom stereocenters. The number of amides is 1. The molecule has 4 rings (SSSR count). The summed E-state index contributed by atoms with van der Waals surface area (Å²) in [5.41, 5.74) is 2.11. The first-order valence-electron chi connectivity index (χ1n) is 9.12. The number of nitrogens with one attached hydrogen (secondary N) is 1. The molecule has 3 heterocycles. The highest BCUT2D eigenvalue weighted by molar-refractivity contribution is 5.93. The van der Waals surface area contributed by atoms with Crippen molar-refractivity contribution in [3.8, 4) is 5.75 Å². The molecule has 1 spiro atoms. The number of hydrogen-bond donors (Lipinski definition) is 1. The lowest BCUT2D eigenvalue weighted by molar-refractivity contribution is -0.181. The zero-order valence-electron chi connectivity index (χ0n) is 15.3. The number of ether oxygens (including phenoxy) is 3. The summed E-state index contributed by atoms with van der Waals surface area (Å²) < 4.78 is 16.7. The van der Waals surface area contributed by atoms with Gasteiger partial charge in [-0.2, -0.15) is 0 Å². The Morgan fingerprint density at radius 1 is 1.15 bits per heavy atom. The highest BCUT2D eigenvalue weighted by Gasteiger charge is 2.41. The highest BCUT2D eigenvalue weighted by atomic mass is 16.7. The number of methoxy groups -OCH3 is 1. The summed E-state index contributed by atoms with van der Waals surface area (Å²) in [5.74, 6) is 0.209. The molecule has 0 aliphatic carbocycles. The van der Waals surface area contributed by atoms with Gasteiger partial charge >= 0.3 is 0 Å².